The van der Waals surface area contributed by atoms with Gasteiger partial charge in [0.25, 0.3) is 0 Å². The topological polar surface area (TPSA) is 29.3 Å². The van der Waals surface area contributed by atoms with Crippen molar-refractivity contribution in [1.82, 2.24) is 4.90 Å². The number of nitrogens with zero attached hydrogens (tertiary/aromatic N) is 1. The molecule has 2 N–H and O–H groups in total. The third-order valence-electron chi connectivity index (χ3n) is 4.30. The van der Waals surface area contributed by atoms with Crippen LogP contribution in [0, 0.1) is 5.92 Å². The van der Waals surface area contributed by atoms with E-state index in [-0.39, 0.29) is 5.54 Å². The van der Waals surface area contributed by atoms with Crippen molar-refractivity contribution in [3.63, 3.8) is 0 Å². The summed E-state index contributed by atoms with van der Waals surface area (Å²) in [5, 5.41) is 0. The maximum Gasteiger partial charge on any atom is 0.0309 e. The molecule has 0 heterocycles. The van der Waals surface area contributed by atoms with Crippen molar-refractivity contribution < 1.29 is 0 Å². The summed E-state index contributed by atoms with van der Waals surface area (Å²) in [6.07, 6.45) is 9.67. The Kier molecular flexibility index (Phi) is 3.91. The second-order valence-electron chi connectivity index (χ2n) is 6.13. The quantitative estimate of drug-likeness (QED) is 0.687. The third-order valence-corrected chi connectivity index (χ3v) is 4.30. The minimum atomic E-state index is 0.289. The zero-order valence-electron chi connectivity index (χ0n) is 11.0. The molecular formula is C14H28N2. The molecule has 0 aliphatic heterocycles. The fourth-order valence-electron chi connectivity index (χ4n) is 2.87. The van der Waals surface area contributed by atoms with Crippen molar-refractivity contribution in [2.24, 2.45) is 11.7 Å². The van der Waals surface area contributed by atoms with Gasteiger partial charge in [-0.05, 0) is 45.1 Å². The van der Waals surface area contributed by atoms with E-state index in [2.05, 4.69) is 18.7 Å². The van der Waals surface area contributed by atoms with E-state index in [1.807, 2.05) is 0 Å². The van der Waals surface area contributed by atoms with Gasteiger partial charge in [-0.25, -0.2) is 0 Å². The molecular weight excluding hydrogens is 196 g/mol. The van der Waals surface area contributed by atoms with Gasteiger partial charge in [0.15, 0.2) is 0 Å². The lowest BCUT2D eigenvalue weighted by Crippen LogP contribution is -2.53. The van der Waals surface area contributed by atoms with Gasteiger partial charge in [0.1, 0.15) is 0 Å². The molecule has 0 radical (unpaired) electrons. The minimum Gasteiger partial charge on any atom is -0.329 e. The van der Waals surface area contributed by atoms with Crippen LogP contribution in [0.2, 0.25) is 0 Å². The molecule has 2 fully saturated rings. The molecule has 16 heavy (non-hydrogen) atoms. The fraction of sp³-hybridized carbons (Fsp3) is 1.00. The maximum absolute atomic E-state index is 6.08. The first-order valence-corrected chi connectivity index (χ1v) is 7.16. The average molecular weight is 224 g/mol. The Labute approximate surface area is 101 Å². The van der Waals surface area contributed by atoms with Crippen molar-refractivity contribution in [3.05, 3.63) is 0 Å². The van der Waals surface area contributed by atoms with E-state index >= 15 is 0 Å². The summed E-state index contributed by atoms with van der Waals surface area (Å²) in [7, 11) is 0. The van der Waals surface area contributed by atoms with Crippen molar-refractivity contribution in [2.75, 3.05) is 13.1 Å². The van der Waals surface area contributed by atoms with Crippen molar-refractivity contribution in [1.29, 1.82) is 0 Å². The second kappa shape index (κ2) is 5.05. The molecule has 0 bridgehead atoms. The fourth-order valence-corrected chi connectivity index (χ4v) is 2.87. The number of rotatable bonds is 8. The van der Waals surface area contributed by atoms with E-state index in [0.717, 1.165) is 18.5 Å². The predicted octanol–water partition coefficient (Wildman–Crippen LogP) is 2.77. The molecule has 0 amide bonds. The largest absolute Gasteiger partial charge is 0.329 e. The van der Waals surface area contributed by atoms with Gasteiger partial charge < -0.3 is 5.73 Å². The molecule has 2 saturated carbocycles. The zero-order valence-corrected chi connectivity index (χ0v) is 11.0. The summed E-state index contributed by atoms with van der Waals surface area (Å²) < 4.78 is 0. The lowest BCUT2D eigenvalue weighted by atomic mass is 9.92. The summed E-state index contributed by atoms with van der Waals surface area (Å²) in [6, 6.07) is 0.860. The van der Waals surface area contributed by atoms with E-state index in [1.165, 1.54) is 51.5 Å². The van der Waals surface area contributed by atoms with Crippen LogP contribution >= 0.6 is 0 Å². The van der Waals surface area contributed by atoms with Crippen LogP contribution in [0.4, 0.5) is 0 Å². The number of hydrogen-bond donors (Lipinski definition) is 1. The van der Waals surface area contributed by atoms with Crippen LogP contribution in [0.3, 0.4) is 0 Å². The Morgan fingerprint density at radius 3 is 2.38 bits per heavy atom. The first kappa shape index (κ1) is 12.4. The number of nitrogens with two attached hydrogens (primary N) is 1. The molecule has 0 aromatic carbocycles. The Bertz CT molecular complexity index is 221. The van der Waals surface area contributed by atoms with E-state index in [1.54, 1.807) is 0 Å². The third kappa shape index (κ3) is 2.98. The smallest absolute Gasteiger partial charge is 0.0309 e. The molecule has 0 saturated heterocycles. The van der Waals surface area contributed by atoms with Gasteiger partial charge in [-0.1, -0.05) is 26.2 Å². The molecule has 2 aliphatic carbocycles. The van der Waals surface area contributed by atoms with Crippen LogP contribution in [0.1, 0.15) is 58.8 Å². The predicted molar refractivity (Wildman–Crippen MR) is 69.4 cm³/mol. The van der Waals surface area contributed by atoms with Gasteiger partial charge in [-0.3, -0.25) is 4.90 Å². The van der Waals surface area contributed by atoms with Crippen LogP contribution in [0.25, 0.3) is 0 Å². The minimum absolute atomic E-state index is 0.289. The Balaban J connectivity index is 1.95. The highest BCUT2D eigenvalue weighted by Crippen LogP contribution is 2.42. The van der Waals surface area contributed by atoms with Crippen LogP contribution in [0.5, 0.6) is 0 Å². The van der Waals surface area contributed by atoms with E-state index in [4.69, 9.17) is 5.73 Å². The Morgan fingerprint density at radius 2 is 1.94 bits per heavy atom. The average Bonchev–Trinajstić information content (AvgIpc) is 3.12. The standard InChI is InChI=1S/C14H28N2/c1-3-4-9-16(13-7-8-13)14(2,11-15)10-12-5-6-12/h12-13H,3-11,15H2,1-2H3. The summed E-state index contributed by atoms with van der Waals surface area (Å²) in [5.74, 6) is 0.983. The highest BCUT2D eigenvalue weighted by molar-refractivity contribution is 4.99. The van der Waals surface area contributed by atoms with Gasteiger partial charge in [-0.15, -0.1) is 0 Å². The molecule has 1 atom stereocenters. The van der Waals surface area contributed by atoms with Gasteiger partial charge in [0.05, 0.1) is 0 Å². The van der Waals surface area contributed by atoms with Crippen LogP contribution in [0.15, 0.2) is 0 Å². The molecule has 0 aromatic heterocycles. The summed E-state index contributed by atoms with van der Waals surface area (Å²) in [6.45, 7) is 6.79. The summed E-state index contributed by atoms with van der Waals surface area (Å²) in [4.78, 5) is 2.74. The van der Waals surface area contributed by atoms with Crippen LogP contribution < -0.4 is 5.73 Å². The summed E-state index contributed by atoms with van der Waals surface area (Å²) >= 11 is 0. The normalized spacial score (nSPS) is 24.8. The number of hydrogen-bond acceptors (Lipinski definition) is 2. The molecule has 2 aliphatic rings. The first-order chi connectivity index (χ1) is 7.69. The van der Waals surface area contributed by atoms with Gasteiger partial charge in [-0.2, -0.15) is 0 Å². The first-order valence-electron chi connectivity index (χ1n) is 7.16. The lowest BCUT2D eigenvalue weighted by Gasteiger charge is -2.41. The van der Waals surface area contributed by atoms with Gasteiger partial charge >= 0.3 is 0 Å². The molecule has 0 spiro atoms. The molecule has 94 valence electrons. The van der Waals surface area contributed by atoms with Crippen molar-refractivity contribution in [3.8, 4) is 0 Å². The molecule has 1 unspecified atom stereocenters. The van der Waals surface area contributed by atoms with E-state index in [9.17, 15) is 0 Å². The van der Waals surface area contributed by atoms with Crippen LogP contribution in [-0.4, -0.2) is 29.6 Å². The Hall–Kier alpha value is -0.0800. The molecule has 2 nitrogen and oxygen atoms in total. The molecule has 0 aromatic rings. The Morgan fingerprint density at radius 1 is 1.25 bits per heavy atom. The van der Waals surface area contributed by atoms with Gasteiger partial charge in [0.2, 0.25) is 0 Å². The van der Waals surface area contributed by atoms with E-state index < -0.39 is 0 Å². The summed E-state index contributed by atoms with van der Waals surface area (Å²) in [5.41, 5.74) is 6.37. The second-order valence-corrected chi connectivity index (χ2v) is 6.13. The molecule has 2 heteroatoms. The highest BCUT2D eigenvalue weighted by Gasteiger charge is 2.42. The number of unbranched alkanes of at least 4 members (excludes halogenated alkanes) is 1. The van der Waals surface area contributed by atoms with E-state index in [0.29, 0.717) is 0 Å². The van der Waals surface area contributed by atoms with Crippen LogP contribution in [-0.2, 0) is 0 Å². The molecule has 2 rings (SSSR count). The van der Waals surface area contributed by atoms with Crippen molar-refractivity contribution >= 4 is 0 Å². The lowest BCUT2D eigenvalue weighted by molar-refractivity contribution is 0.0850. The maximum atomic E-state index is 6.08. The monoisotopic (exact) mass is 224 g/mol. The SMILES string of the molecule is CCCCN(C1CC1)C(C)(CN)CC1CC1. The highest BCUT2D eigenvalue weighted by atomic mass is 15.2. The van der Waals surface area contributed by atoms with Gasteiger partial charge in [0, 0.05) is 18.1 Å². The van der Waals surface area contributed by atoms with Crippen molar-refractivity contribution in [2.45, 2.75) is 70.4 Å². The zero-order chi connectivity index (χ0) is 11.6.